The zero-order valence-electron chi connectivity index (χ0n) is 18.2. The number of aliphatic hydroxyl groups excluding tert-OH is 1. The van der Waals surface area contributed by atoms with Gasteiger partial charge in [-0.15, -0.1) is 6.42 Å². The van der Waals surface area contributed by atoms with Gasteiger partial charge in [-0.3, -0.25) is 9.59 Å². The highest BCUT2D eigenvalue weighted by atomic mass is 19.4. The van der Waals surface area contributed by atoms with Crippen LogP contribution in [0.3, 0.4) is 0 Å². The summed E-state index contributed by atoms with van der Waals surface area (Å²) in [7, 11) is 0. The summed E-state index contributed by atoms with van der Waals surface area (Å²) in [6.07, 6.45) is -1.31. The van der Waals surface area contributed by atoms with Gasteiger partial charge in [0.15, 0.2) is 17.9 Å². The minimum absolute atomic E-state index is 0.0991. The number of carbonyl (C=O) groups is 2. The van der Waals surface area contributed by atoms with Gasteiger partial charge in [0.05, 0.1) is 16.8 Å². The van der Waals surface area contributed by atoms with Gasteiger partial charge in [-0.1, -0.05) is 5.92 Å². The second-order valence-electron chi connectivity index (χ2n) is 7.90. The third-order valence-electron chi connectivity index (χ3n) is 4.86. The first kappa shape index (κ1) is 25.9. The zero-order valence-corrected chi connectivity index (χ0v) is 18.2. The number of rotatable bonds is 7. The second-order valence-corrected chi connectivity index (χ2v) is 7.90. The Balaban J connectivity index is 2.55. The van der Waals surface area contributed by atoms with Crippen molar-refractivity contribution in [1.82, 2.24) is 9.88 Å². The number of halogens is 5. The first-order chi connectivity index (χ1) is 15.1. The fourth-order valence-electron chi connectivity index (χ4n) is 3.29. The van der Waals surface area contributed by atoms with Gasteiger partial charge in [0.2, 0.25) is 0 Å². The van der Waals surface area contributed by atoms with E-state index in [-0.39, 0.29) is 28.2 Å². The van der Waals surface area contributed by atoms with Gasteiger partial charge in [0, 0.05) is 17.4 Å². The molecule has 0 saturated carbocycles. The molecule has 11 heteroatoms. The lowest BCUT2D eigenvalue weighted by atomic mass is 10.0. The standard InChI is InChI=1S/C22H22F5N3O3/c1-6-21(4,5)29-20(33)18(31)16-11(2)17(30(12(16)3)10-22(25,26)27)19(32)28-13-7-8-14(23)15(24)9-13/h1,7-9,19,28,32H,10H2,2-5H3,(H,29,33). The van der Waals surface area contributed by atoms with Crippen molar-refractivity contribution >= 4 is 17.4 Å². The van der Waals surface area contributed by atoms with Crippen molar-refractivity contribution in [2.24, 2.45) is 0 Å². The highest BCUT2D eigenvalue weighted by molar-refractivity contribution is 6.43. The van der Waals surface area contributed by atoms with Crippen LogP contribution < -0.4 is 10.6 Å². The van der Waals surface area contributed by atoms with Crippen molar-refractivity contribution in [2.45, 2.75) is 52.2 Å². The van der Waals surface area contributed by atoms with Crippen LogP contribution in [-0.4, -0.2) is 33.1 Å². The zero-order chi connectivity index (χ0) is 25.3. The lowest BCUT2D eigenvalue weighted by molar-refractivity contribution is -0.141. The number of nitrogens with one attached hydrogen (secondary N) is 2. The van der Waals surface area contributed by atoms with Gasteiger partial charge < -0.3 is 20.3 Å². The quantitative estimate of drug-likeness (QED) is 0.189. The second kappa shape index (κ2) is 9.23. The predicted octanol–water partition coefficient (Wildman–Crippen LogP) is 3.76. The van der Waals surface area contributed by atoms with Gasteiger partial charge >= 0.3 is 6.18 Å². The largest absolute Gasteiger partial charge is 0.406 e. The Hall–Kier alpha value is -3.39. The maximum absolute atomic E-state index is 13.5. The summed E-state index contributed by atoms with van der Waals surface area (Å²) in [4.78, 5) is 25.2. The number of hydrogen-bond donors (Lipinski definition) is 3. The van der Waals surface area contributed by atoms with Crippen molar-refractivity contribution in [3.63, 3.8) is 0 Å². The Morgan fingerprint density at radius 2 is 1.79 bits per heavy atom. The first-order valence-electron chi connectivity index (χ1n) is 9.58. The Kier molecular flexibility index (Phi) is 7.23. The number of ketones is 1. The average molecular weight is 471 g/mol. The Labute approximate surface area is 186 Å². The number of aromatic nitrogens is 1. The van der Waals surface area contributed by atoms with E-state index in [1.54, 1.807) is 0 Å². The van der Waals surface area contributed by atoms with E-state index in [2.05, 4.69) is 16.6 Å². The first-order valence-corrected chi connectivity index (χ1v) is 9.58. The monoisotopic (exact) mass is 471 g/mol. The molecule has 1 atom stereocenters. The van der Waals surface area contributed by atoms with Crippen LogP contribution in [0.1, 0.15) is 47.4 Å². The lowest BCUT2D eigenvalue weighted by Gasteiger charge is -2.20. The van der Waals surface area contributed by atoms with Crippen LogP contribution in [0.25, 0.3) is 0 Å². The summed E-state index contributed by atoms with van der Waals surface area (Å²) in [6, 6.07) is 2.55. The van der Waals surface area contributed by atoms with Crippen LogP contribution in [0.5, 0.6) is 0 Å². The summed E-state index contributed by atoms with van der Waals surface area (Å²) in [5.74, 6) is -2.41. The molecule has 1 unspecified atom stereocenters. The molecule has 1 heterocycles. The third-order valence-corrected chi connectivity index (χ3v) is 4.86. The molecule has 0 fully saturated rings. The molecule has 0 saturated heterocycles. The lowest BCUT2D eigenvalue weighted by Crippen LogP contribution is -2.45. The number of amides is 1. The molecule has 0 aliphatic rings. The summed E-state index contributed by atoms with van der Waals surface area (Å²) in [6.45, 7) is 3.79. The van der Waals surface area contributed by atoms with Crippen LogP contribution in [0.15, 0.2) is 18.2 Å². The van der Waals surface area contributed by atoms with Gasteiger partial charge in [-0.25, -0.2) is 8.78 Å². The van der Waals surface area contributed by atoms with E-state index in [1.807, 2.05) is 0 Å². The molecule has 2 rings (SSSR count). The van der Waals surface area contributed by atoms with Crippen LogP contribution in [0.4, 0.5) is 27.6 Å². The van der Waals surface area contributed by atoms with Crippen LogP contribution in [0, 0.1) is 37.8 Å². The third kappa shape index (κ3) is 5.90. The maximum atomic E-state index is 13.5. The SMILES string of the molecule is C#CC(C)(C)NC(=O)C(=O)c1c(C)c(C(O)Nc2ccc(F)c(F)c2)n(CC(F)(F)F)c1C. The van der Waals surface area contributed by atoms with Gasteiger partial charge in [0.25, 0.3) is 11.7 Å². The number of benzene rings is 1. The van der Waals surface area contributed by atoms with E-state index in [9.17, 15) is 36.6 Å². The van der Waals surface area contributed by atoms with Crippen LogP contribution in [0.2, 0.25) is 0 Å². The van der Waals surface area contributed by atoms with E-state index in [0.717, 1.165) is 12.1 Å². The molecule has 1 aromatic heterocycles. The van der Waals surface area contributed by atoms with E-state index < -0.39 is 47.8 Å². The van der Waals surface area contributed by atoms with E-state index >= 15 is 0 Å². The topological polar surface area (TPSA) is 83.4 Å². The molecule has 3 N–H and O–H groups in total. The number of alkyl halides is 3. The highest BCUT2D eigenvalue weighted by Crippen LogP contribution is 2.32. The minimum Gasteiger partial charge on any atom is -0.368 e. The fraction of sp³-hybridized carbons (Fsp3) is 0.364. The number of nitrogens with zero attached hydrogens (tertiary/aromatic N) is 1. The minimum atomic E-state index is -4.74. The molecule has 0 aliphatic heterocycles. The van der Waals surface area contributed by atoms with Gasteiger partial charge in [-0.2, -0.15) is 13.2 Å². The number of hydrogen-bond acceptors (Lipinski definition) is 4. The predicted molar refractivity (Wildman–Crippen MR) is 110 cm³/mol. The Bertz CT molecular complexity index is 1130. The summed E-state index contributed by atoms with van der Waals surface area (Å²) >= 11 is 0. The summed E-state index contributed by atoms with van der Waals surface area (Å²) in [5.41, 5.74) is -2.35. The maximum Gasteiger partial charge on any atom is 0.406 e. The number of Topliss-reactive ketones (excluding diaryl/α,β-unsaturated/α-hetero) is 1. The van der Waals surface area contributed by atoms with Crippen molar-refractivity contribution in [2.75, 3.05) is 5.32 Å². The summed E-state index contributed by atoms with van der Waals surface area (Å²) in [5, 5.41) is 15.3. The molecule has 33 heavy (non-hydrogen) atoms. The molecule has 0 radical (unpaired) electrons. The number of aliphatic hydroxyl groups is 1. The van der Waals surface area contributed by atoms with Gasteiger partial charge in [0.1, 0.15) is 6.54 Å². The number of carbonyl (C=O) groups excluding carboxylic acids is 2. The molecule has 6 nitrogen and oxygen atoms in total. The van der Waals surface area contributed by atoms with Crippen LogP contribution in [-0.2, 0) is 11.3 Å². The van der Waals surface area contributed by atoms with E-state index in [0.29, 0.717) is 10.6 Å². The van der Waals surface area contributed by atoms with E-state index in [4.69, 9.17) is 6.42 Å². The molecule has 0 spiro atoms. The fourth-order valence-corrected chi connectivity index (χ4v) is 3.29. The molecule has 2 aromatic rings. The molecule has 178 valence electrons. The summed E-state index contributed by atoms with van der Waals surface area (Å²) < 4.78 is 67.1. The Morgan fingerprint density at radius 1 is 1.18 bits per heavy atom. The van der Waals surface area contributed by atoms with Crippen LogP contribution >= 0.6 is 0 Å². The normalized spacial score (nSPS) is 12.8. The van der Waals surface area contributed by atoms with Crippen molar-refractivity contribution < 1.29 is 36.6 Å². The molecular formula is C22H22F5N3O3. The molecule has 0 aliphatic carbocycles. The average Bonchev–Trinajstić information content (AvgIpc) is 2.92. The van der Waals surface area contributed by atoms with Gasteiger partial charge in [-0.05, 0) is 45.4 Å². The van der Waals surface area contributed by atoms with Crippen molar-refractivity contribution in [3.05, 3.63) is 52.3 Å². The number of anilines is 1. The molecular weight excluding hydrogens is 449 g/mol. The smallest absolute Gasteiger partial charge is 0.368 e. The highest BCUT2D eigenvalue weighted by Gasteiger charge is 2.36. The van der Waals surface area contributed by atoms with E-state index in [1.165, 1.54) is 27.7 Å². The van der Waals surface area contributed by atoms with Crippen molar-refractivity contribution in [3.8, 4) is 12.3 Å². The van der Waals surface area contributed by atoms with Crippen molar-refractivity contribution in [1.29, 1.82) is 0 Å². The number of terminal acetylenes is 1. The Morgan fingerprint density at radius 3 is 2.30 bits per heavy atom. The molecule has 1 amide bonds. The molecule has 1 aromatic carbocycles. The molecule has 0 bridgehead atoms.